The second kappa shape index (κ2) is 7.85. The van der Waals surface area contributed by atoms with Crippen LogP contribution in [-0.4, -0.2) is 32.2 Å². The fourth-order valence-corrected chi connectivity index (χ4v) is 1.50. The molecule has 0 bridgehead atoms. The molecule has 5 heteroatoms. The molecular weight excluding hydrogens is 258 g/mol. The van der Waals surface area contributed by atoms with Gasteiger partial charge in [-0.3, -0.25) is 4.79 Å². The number of benzene rings is 1. The number of carbonyl (C=O) groups excluding carboxylic acids is 2. The number of methoxy groups -OCH3 is 1. The molecule has 1 atom stereocenters. The number of ether oxygens (including phenoxy) is 2. The van der Waals surface area contributed by atoms with Crippen LogP contribution in [-0.2, 0) is 14.3 Å². The molecular formula is C15H17NO4. The quantitative estimate of drug-likeness (QED) is 0.632. The third kappa shape index (κ3) is 4.65. The van der Waals surface area contributed by atoms with E-state index in [4.69, 9.17) is 11.2 Å². The number of terminal acetylenes is 1. The minimum absolute atomic E-state index is 0.0597. The Labute approximate surface area is 118 Å². The molecule has 0 aromatic heterocycles. The minimum atomic E-state index is -0.479. The van der Waals surface area contributed by atoms with Gasteiger partial charge in [0.1, 0.15) is 0 Å². The average molecular weight is 275 g/mol. The monoisotopic (exact) mass is 275 g/mol. The van der Waals surface area contributed by atoms with E-state index in [0.717, 1.165) is 5.69 Å². The van der Waals surface area contributed by atoms with Crippen molar-refractivity contribution in [1.82, 2.24) is 0 Å². The molecule has 0 spiro atoms. The molecule has 106 valence electrons. The number of esters is 2. The third-order valence-corrected chi connectivity index (χ3v) is 2.60. The Morgan fingerprint density at radius 2 is 2.20 bits per heavy atom. The summed E-state index contributed by atoms with van der Waals surface area (Å²) < 4.78 is 9.47. The van der Waals surface area contributed by atoms with Crippen LogP contribution >= 0.6 is 0 Å². The van der Waals surface area contributed by atoms with Gasteiger partial charge in [-0.15, -0.1) is 6.42 Å². The van der Waals surface area contributed by atoms with Crippen LogP contribution in [0.2, 0.25) is 0 Å². The SMILES string of the molecule is C#CCOC(=O)c1cccc(NCC(C)C(=O)OC)c1. The number of carbonyl (C=O) groups is 2. The first-order valence-corrected chi connectivity index (χ1v) is 6.10. The van der Waals surface area contributed by atoms with Gasteiger partial charge in [-0.05, 0) is 18.2 Å². The summed E-state index contributed by atoms with van der Waals surface area (Å²) in [6.45, 7) is 2.11. The number of hydrogen-bond acceptors (Lipinski definition) is 5. The molecule has 0 aliphatic heterocycles. The van der Waals surface area contributed by atoms with Crippen LogP contribution in [0.4, 0.5) is 5.69 Å². The first-order chi connectivity index (χ1) is 9.58. The molecule has 20 heavy (non-hydrogen) atoms. The van der Waals surface area contributed by atoms with Crippen molar-refractivity contribution >= 4 is 17.6 Å². The van der Waals surface area contributed by atoms with E-state index >= 15 is 0 Å². The largest absolute Gasteiger partial charge is 0.469 e. The highest BCUT2D eigenvalue weighted by Crippen LogP contribution is 2.12. The molecule has 1 aromatic carbocycles. The van der Waals surface area contributed by atoms with Gasteiger partial charge in [0, 0.05) is 12.2 Å². The van der Waals surface area contributed by atoms with Crippen molar-refractivity contribution < 1.29 is 19.1 Å². The molecule has 0 radical (unpaired) electrons. The summed E-state index contributed by atoms with van der Waals surface area (Å²) in [6.07, 6.45) is 5.02. The van der Waals surface area contributed by atoms with Gasteiger partial charge in [0.15, 0.2) is 6.61 Å². The molecule has 0 heterocycles. The lowest BCUT2D eigenvalue weighted by molar-refractivity contribution is -0.144. The maximum atomic E-state index is 11.6. The Hall–Kier alpha value is -2.48. The summed E-state index contributed by atoms with van der Waals surface area (Å²) in [5.74, 6) is 1.18. The summed E-state index contributed by atoms with van der Waals surface area (Å²) in [4.78, 5) is 22.9. The van der Waals surface area contributed by atoms with E-state index < -0.39 is 5.97 Å². The van der Waals surface area contributed by atoms with Crippen LogP contribution in [0.15, 0.2) is 24.3 Å². The normalized spacial score (nSPS) is 11.1. The van der Waals surface area contributed by atoms with Gasteiger partial charge in [-0.25, -0.2) is 4.79 Å². The van der Waals surface area contributed by atoms with Crippen LogP contribution in [0, 0.1) is 18.3 Å². The highest BCUT2D eigenvalue weighted by Gasteiger charge is 2.13. The molecule has 0 saturated carbocycles. The second-order valence-electron chi connectivity index (χ2n) is 4.17. The lowest BCUT2D eigenvalue weighted by Crippen LogP contribution is -2.21. The van der Waals surface area contributed by atoms with Gasteiger partial charge in [-0.1, -0.05) is 18.9 Å². The zero-order valence-electron chi connectivity index (χ0n) is 11.5. The molecule has 5 nitrogen and oxygen atoms in total. The van der Waals surface area contributed by atoms with Crippen LogP contribution in [0.25, 0.3) is 0 Å². The minimum Gasteiger partial charge on any atom is -0.469 e. The highest BCUT2D eigenvalue weighted by atomic mass is 16.5. The summed E-state index contributed by atoms with van der Waals surface area (Å²) in [5.41, 5.74) is 1.12. The lowest BCUT2D eigenvalue weighted by Gasteiger charge is -2.12. The zero-order chi connectivity index (χ0) is 15.0. The van der Waals surface area contributed by atoms with Crippen LogP contribution in [0.5, 0.6) is 0 Å². The maximum absolute atomic E-state index is 11.6. The Morgan fingerprint density at radius 1 is 1.45 bits per heavy atom. The van der Waals surface area contributed by atoms with E-state index in [0.29, 0.717) is 12.1 Å². The fraction of sp³-hybridized carbons (Fsp3) is 0.333. The summed E-state index contributed by atoms with van der Waals surface area (Å²) >= 11 is 0. The van der Waals surface area contributed by atoms with Crippen molar-refractivity contribution in [3.05, 3.63) is 29.8 Å². The topological polar surface area (TPSA) is 64.6 Å². The molecule has 0 saturated heterocycles. The molecule has 1 N–H and O–H groups in total. The molecule has 1 unspecified atom stereocenters. The van der Waals surface area contributed by atoms with Crippen LogP contribution < -0.4 is 5.32 Å². The van der Waals surface area contributed by atoms with E-state index in [1.165, 1.54) is 7.11 Å². The maximum Gasteiger partial charge on any atom is 0.339 e. The molecule has 0 aliphatic rings. The van der Waals surface area contributed by atoms with Crippen molar-refractivity contribution in [3.63, 3.8) is 0 Å². The number of anilines is 1. The van der Waals surface area contributed by atoms with E-state index in [2.05, 4.69) is 16.0 Å². The van der Waals surface area contributed by atoms with Gasteiger partial charge < -0.3 is 14.8 Å². The van der Waals surface area contributed by atoms with Crippen molar-refractivity contribution in [1.29, 1.82) is 0 Å². The van der Waals surface area contributed by atoms with Crippen molar-refractivity contribution in [2.45, 2.75) is 6.92 Å². The van der Waals surface area contributed by atoms with Crippen molar-refractivity contribution in [2.24, 2.45) is 5.92 Å². The Kier molecular flexibility index (Phi) is 6.11. The van der Waals surface area contributed by atoms with Gasteiger partial charge in [0.05, 0.1) is 18.6 Å². The van der Waals surface area contributed by atoms with Crippen molar-refractivity contribution in [2.75, 3.05) is 25.6 Å². The van der Waals surface area contributed by atoms with Crippen LogP contribution in [0.3, 0.4) is 0 Å². The van der Waals surface area contributed by atoms with Gasteiger partial charge >= 0.3 is 11.9 Å². The Balaban J connectivity index is 2.62. The highest BCUT2D eigenvalue weighted by molar-refractivity contribution is 5.90. The number of nitrogens with one attached hydrogen (secondary N) is 1. The van der Waals surface area contributed by atoms with Gasteiger partial charge in [0.2, 0.25) is 0 Å². The molecule has 0 fully saturated rings. The second-order valence-corrected chi connectivity index (χ2v) is 4.17. The average Bonchev–Trinajstić information content (AvgIpc) is 2.49. The van der Waals surface area contributed by atoms with E-state index in [9.17, 15) is 9.59 Å². The van der Waals surface area contributed by atoms with Gasteiger partial charge in [-0.2, -0.15) is 0 Å². The molecule has 1 rings (SSSR count). The first kappa shape index (κ1) is 15.6. The molecule has 1 aromatic rings. The van der Waals surface area contributed by atoms with Crippen molar-refractivity contribution in [3.8, 4) is 12.3 Å². The van der Waals surface area contributed by atoms with E-state index in [-0.39, 0.29) is 18.5 Å². The predicted molar refractivity (Wildman–Crippen MR) is 75.2 cm³/mol. The Morgan fingerprint density at radius 3 is 2.85 bits per heavy atom. The lowest BCUT2D eigenvalue weighted by atomic mass is 10.1. The molecule has 0 aliphatic carbocycles. The smallest absolute Gasteiger partial charge is 0.339 e. The molecule has 0 amide bonds. The summed E-state index contributed by atoms with van der Waals surface area (Å²) in [7, 11) is 1.35. The summed E-state index contributed by atoms with van der Waals surface area (Å²) in [5, 5.41) is 3.06. The van der Waals surface area contributed by atoms with E-state index in [1.807, 2.05) is 0 Å². The predicted octanol–water partition coefficient (Wildman–Crippen LogP) is 1.70. The van der Waals surface area contributed by atoms with Crippen LogP contribution in [0.1, 0.15) is 17.3 Å². The zero-order valence-corrected chi connectivity index (χ0v) is 11.5. The van der Waals surface area contributed by atoms with Gasteiger partial charge in [0.25, 0.3) is 0 Å². The standard InChI is InChI=1S/C15H17NO4/c1-4-8-20-15(18)12-6-5-7-13(9-12)16-10-11(2)14(17)19-3/h1,5-7,9,11,16H,8,10H2,2-3H3. The summed E-state index contributed by atoms with van der Waals surface area (Å²) in [6, 6.07) is 6.79. The number of hydrogen-bond donors (Lipinski definition) is 1. The fourth-order valence-electron chi connectivity index (χ4n) is 1.50. The first-order valence-electron chi connectivity index (χ1n) is 6.10. The Bertz CT molecular complexity index is 519. The third-order valence-electron chi connectivity index (χ3n) is 2.60. The van der Waals surface area contributed by atoms with E-state index in [1.54, 1.807) is 31.2 Å². The number of rotatable bonds is 6.